The molecule has 3 heterocycles. The lowest BCUT2D eigenvalue weighted by Crippen LogP contribution is -2.41. The number of amides is 1. The van der Waals surface area contributed by atoms with E-state index in [9.17, 15) is 23.6 Å². The standard InChI is InChI=1S/C44H49FN4O7.C4H4O4/c1-52-36-15-12-32(26-37(36)53-2)44(19-23-48(28-44)43(51)31-24-38(54-3)41(56-5)39(25-31)55-4)18-22-47-20-16-30(17-21-47)40(50)42-46-34-8-6-7-9-35(34)49(42)27-29-10-13-33(45)14-11-29;5-3(6)1-2-4(7)8/h6-15,24-26,30H,16-23,27-28H2,1-5H3;1-2H,(H,5,6)(H,7,8)/b;2-1-. The van der Waals surface area contributed by atoms with E-state index in [1.807, 2.05) is 45.9 Å². The number of Topliss-reactive ketones (excluding diaryl/α,β-unsaturated/α-hetero) is 1. The molecule has 2 N–H and O–H groups in total. The van der Waals surface area contributed by atoms with E-state index in [-0.39, 0.29) is 28.8 Å². The Morgan fingerprint density at radius 2 is 1.39 bits per heavy atom. The quantitative estimate of drug-likeness (QED) is 0.0787. The Bertz CT molecular complexity index is 2460. The summed E-state index contributed by atoms with van der Waals surface area (Å²) in [7, 11) is 7.86. The number of carboxylic acids is 2. The van der Waals surface area contributed by atoms with Gasteiger partial charge in [0.1, 0.15) is 5.82 Å². The molecule has 2 aliphatic rings. The van der Waals surface area contributed by atoms with Gasteiger partial charge in [-0.1, -0.05) is 30.3 Å². The molecular weight excluding hydrogens is 828 g/mol. The third-order valence-corrected chi connectivity index (χ3v) is 11.9. The van der Waals surface area contributed by atoms with Crippen LogP contribution in [-0.2, 0) is 21.5 Å². The van der Waals surface area contributed by atoms with Crippen molar-refractivity contribution in [1.82, 2.24) is 19.4 Å². The molecule has 64 heavy (non-hydrogen) atoms. The number of rotatable bonds is 16. The molecule has 0 bridgehead atoms. The summed E-state index contributed by atoms with van der Waals surface area (Å²) in [4.78, 5) is 56.5. The van der Waals surface area contributed by atoms with E-state index in [1.54, 1.807) is 38.5 Å². The van der Waals surface area contributed by atoms with Crippen LogP contribution < -0.4 is 23.7 Å². The number of fused-ring (bicyclic) bond motifs is 1. The number of ketones is 1. The zero-order valence-corrected chi connectivity index (χ0v) is 36.5. The summed E-state index contributed by atoms with van der Waals surface area (Å²) in [5.41, 5.74) is 3.74. The summed E-state index contributed by atoms with van der Waals surface area (Å²) < 4.78 is 43.5. The third-order valence-electron chi connectivity index (χ3n) is 11.9. The van der Waals surface area contributed by atoms with Gasteiger partial charge in [-0.05, 0) is 105 Å². The third kappa shape index (κ3) is 10.6. The average molecular weight is 881 g/mol. The number of carbonyl (C=O) groups excluding carboxylic acids is 2. The first-order valence-corrected chi connectivity index (χ1v) is 20.8. The molecule has 7 rings (SSSR count). The van der Waals surface area contributed by atoms with Crippen molar-refractivity contribution in [1.29, 1.82) is 0 Å². The molecule has 1 unspecified atom stereocenters. The van der Waals surface area contributed by atoms with Gasteiger partial charge in [-0.25, -0.2) is 19.0 Å². The average Bonchev–Trinajstić information content (AvgIpc) is 3.92. The number of ether oxygens (including phenoxy) is 5. The minimum absolute atomic E-state index is 0.0431. The number of hydrogen-bond donors (Lipinski definition) is 2. The summed E-state index contributed by atoms with van der Waals surface area (Å²) >= 11 is 0. The Kier molecular flexibility index (Phi) is 15.2. The molecule has 1 aromatic heterocycles. The topological polar surface area (TPSA) is 179 Å². The number of imidazole rings is 1. The number of carboxylic acid groups (broad SMARTS) is 2. The van der Waals surface area contributed by atoms with Gasteiger partial charge in [0.15, 0.2) is 28.8 Å². The van der Waals surface area contributed by atoms with E-state index in [0.29, 0.717) is 84.8 Å². The van der Waals surface area contributed by atoms with Gasteiger partial charge in [-0.3, -0.25) is 9.59 Å². The molecule has 16 heteroatoms. The SMILES string of the molecule is COc1ccc(C2(CCN3CCC(C(=O)c4nc5ccccc5n4Cc4ccc(F)cc4)CC3)CCN(C(=O)c3cc(OC)c(OC)c(OC)c3)C2)cc1OC.O=C(O)/C=C\C(=O)O. The second kappa shape index (κ2) is 21.0. The number of hydrogen-bond acceptors (Lipinski definition) is 11. The van der Waals surface area contributed by atoms with Crippen LogP contribution in [0.5, 0.6) is 28.7 Å². The highest BCUT2D eigenvalue weighted by Gasteiger charge is 2.43. The smallest absolute Gasteiger partial charge is 0.328 e. The van der Waals surface area contributed by atoms with Gasteiger partial charge in [-0.15, -0.1) is 0 Å². The van der Waals surface area contributed by atoms with Crippen LogP contribution in [0.4, 0.5) is 4.39 Å². The highest BCUT2D eigenvalue weighted by Crippen LogP contribution is 2.44. The number of aliphatic carboxylic acids is 2. The summed E-state index contributed by atoms with van der Waals surface area (Å²) in [5, 5.41) is 15.6. The van der Waals surface area contributed by atoms with E-state index in [1.165, 1.54) is 33.5 Å². The van der Waals surface area contributed by atoms with Crippen LogP contribution in [0.25, 0.3) is 11.0 Å². The van der Waals surface area contributed by atoms with Gasteiger partial charge in [0.2, 0.25) is 11.5 Å². The highest BCUT2D eigenvalue weighted by molar-refractivity contribution is 5.98. The fourth-order valence-corrected chi connectivity index (χ4v) is 8.50. The Morgan fingerprint density at radius 3 is 1.98 bits per heavy atom. The van der Waals surface area contributed by atoms with E-state index >= 15 is 0 Å². The normalized spacial score (nSPS) is 16.6. The lowest BCUT2D eigenvalue weighted by atomic mass is 9.76. The Balaban J connectivity index is 0.000000776. The number of likely N-dealkylation sites (tertiary alicyclic amines) is 2. The number of nitrogens with zero attached hydrogens (tertiary/aromatic N) is 4. The number of halogens is 1. The molecule has 0 saturated carbocycles. The van der Waals surface area contributed by atoms with Crippen molar-refractivity contribution >= 4 is 34.7 Å². The van der Waals surface area contributed by atoms with Crippen LogP contribution in [0.1, 0.15) is 57.8 Å². The monoisotopic (exact) mass is 880 g/mol. The van der Waals surface area contributed by atoms with Crippen LogP contribution in [0, 0.1) is 11.7 Å². The van der Waals surface area contributed by atoms with Gasteiger partial charge >= 0.3 is 11.9 Å². The Morgan fingerprint density at radius 1 is 0.766 bits per heavy atom. The fourth-order valence-electron chi connectivity index (χ4n) is 8.50. The van der Waals surface area contributed by atoms with Crippen molar-refractivity contribution in [2.45, 2.75) is 37.6 Å². The minimum Gasteiger partial charge on any atom is -0.493 e. The Labute approximate surface area is 370 Å². The van der Waals surface area contributed by atoms with E-state index in [2.05, 4.69) is 11.0 Å². The summed E-state index contributed by atoms with van der Waals surface area (Å²) in [6.45, 7) is 3.84. The summed E-state index contributed by atoms with van der Waals surface area (Å²) in [5.74, 6) is -0.0238. The molecule has 1 amide bonds. The van der Waals surface area contributed by atoms with Crippen LogP contribution in [0.3, 0.4) is 0 Å². The lowest BCUT2D eigenvalue weighted by Gasteiger charge is -2.36. The van der Waals surface area contributed by atoms with Crippen molar-refractivity contribution in [3.05, 3.63) is 119 Å². The van der Waals surface area contributed by atoms with Crippen LogP contribution >= 0.6 is 0 Å². The molecule has 2 saturated heterocycles. The zero-order valence-electron chi connectivity index (χ0n) is 36.5. The maximum absolute atomic E-state index is 14.1. The van der Waals surface area contributed by atoms with E-state index in [4.69, 9.17) is 38.9 Å². The van der Waals surface area contributed by atoms with Gasteiger partial charge in [-0.2, -0.15) is 0 Å². The van der Waals surface area contributed by atoms with Crippen LogP contribution in [0.15, 0.2) is 91.0 Å². The van der Waals surface area contributed by atoms with Crippen molar-refractivity contribution in [3.63, 3.8) is 0 Å². The molecule has 0 spiro atoms. The summed E-state index contributed by atoms with van der Waals surface area (Å²) in [6.07, 6.45) is 4.11. The van der Waals surface area contributed by atoms with Gasteiger partial charge in [0.25, 0.3) is 5.91 Å². The second-order valence-corrected chi connectivity index (χ2v) is 15.6. The molecular formula is C48H53FN4O11. The number of aromatic nitrogens is 2. The zero-order chi connectivity index (χ0) is 46.0. The highest BCUT2D eigenvalue weighted by atomic mass is 19.1. The molecule has 2 aliphatic heterocycles. The second-order valence-electron chi connectivity index (χ2n) is 15.6. The molecule has 338 valence electrons. The largest absolute Gasteiger partial charge is 0.493 e. The molecule has 0 radical (unpaired) electrons. The summed E-state index contributed by atoms with van der Waals surface area (Å²) in [6, 6.07) is 23.6. The fraction of sp³-hybridized carbons (Fsp3) is 0.354. The number of carbonyl (C=O) groups is 4. The maximum atomic E-state index is 14.1. The molecule has 2 fully saturated rings. The first-order valence-electron chi connectivity index (χ1n) is 20.8. The first kappa shape index (κ1) is 46.6. The molecule has 4 aromatic carbocycles. The van der Waals surface area contributed by atoms with Gasteiger partial charge in [0.05, 0.1) is 46.6 Å². The molecule has 5 aromatic rings. The van der Waals surface area contributed by atoms with Gasteiger partial charge in [0, 0.05) is 48.7 Å². The lowest BCUT2D eigenvalue weighted by molar-refractivity contribution is -0.134. The number of para-hydroxylation sites is 2. The maximum Gasteiger partial charge on any atom is 0.328 e. The van der Waals surface area contributed by atoms with E-state index < -0.39 is 11.9 Å². The van der Waals surface area contributed by atoms with E-state index in [0.717, 1.165) is 54.6 Å². The first-order chi connectivity index (χ1) is 30.8. The predicted molar refractivity (Wildman–Crippen MR) is 236 cm³/mol. The number of methoxy groups -OCH3 is 5. The van der Waals surface area contributed by atoms with Crippen molar-refractivity contribution < 1.29 is 57.5 Å². The minimum atomic E-state index is -1.26. The van der Waals surface area contributed by atoms with Gasteiger partial charge < -0.3 is 48.3 Å². The van der Waals surface area contributed by atoms with Crippen molar-refractivity contribution in [3.8, 4) is 28.7 Å². The predicted octanol–water partition coefficient (Wildman–Crippen LogP) is 6.75. The van der Waals surface area contributed by atoms with Crippen LogP contribution in [0.2, 0.25) is 0 Å². The van der Waals surface area contributed by atoms with Crippen molar-refractivity contribution in [2.75, 3.05) is 68.3 Å². The molecule has 0 aliphatic carbocycles. The Hall–Kier alpha value is -6.94. The molecule has 15 nitrogen and oxygen atoms in total. The van der Waals surface area contributed by atoms with Crippen LogP contribution in [-0.4, -0.2) is 121 Å². The van der Waals surface area contributed by atoms with Crippen molar-refractivity contribution in [2.24, 2.45) is 5.92 Å². The number of benzene rings is 4. The number of piperidine rings is 1. The molecule has 1 atom stereocenters.